The van der Waals surface area contributed by atoms with E-state index in [1.54, 1.807) is 26.2 Å². The number of benzene rings is 1. The largest absolute Gasteiger partial charge is 0.496 e. The first-order chi connectivity index (χ1) is 12.6. The number of hydrogen-bond donors (Lipinski definition) is 1. The Labute approximate surface area is 165 Å². The molecule has 1 N–H and O–H groups in total. The van der Waals surface area contributed by atoms with E-state index in [0.29, 0.717) is 5.02 Å². The molecule has 0 heterocycles. The number of rotatable bonds is 7. The molecule has 0 amide bonds. The van der Waals surface area contributed by atoms with Crippen molar-refractivity contribution in [2.45, 2.75) is 41.0 Å². The molecule has 0 aliphatic heterocycles. The van der Waals surface area contributed by atoms with Crippen LogP contribution in [0.15, 0.2) is 46.8 Å². The first-order valence-corrected chi connectivity index (χ1v) is 9.01. The predicted octanol–water partition coefficient (Wildman–Crippen LogP) is 6.59. The minimum atomic E-state index is -1.10. The standard InChI is InChI=1S/C22H26ClFO3/c1-7-17(22(25)26)16(5)20(24)11-9-13(2)8-10-18-14(3)15(4)21(27-6)12-19(18)23/h8-12H,7H2,1-6H3,(H,25,26). The molecule has 0 aromatic heterocycles. The van der Waals surface area contributed by atoms with Crippen LogP contribution in [-0.2, 0) is 4.79 Å². The molecule has 5 heteroatoms. The van der Waals surface area contributed by atoms with Crippen LogP contribution in [-0.4, -0.2) is 18.2 Å². The Morgan fingerprint density at radius 2 is 1.89 bits per heavy atom. The normalized spacial score (nSPS) is 13.8. The number of allylic oxidation sites excluding steroid dienone is 6. The minimum absolute atomic E-state index is 0.0708. The van der Waals surface area contributed by atoms with E-state index in [2.05, 4.69) is 0 Å². The van der Waals surface area contributed by atoms with Crippen LogP contribution in [0.1, 0.15) is 43.9 Å². The smallest absolute Gasteiger partial charge is 0.331 e. The lowest BCUT2D eigenvalue weighted by atomic mass is 10.0. The molecule has 0 unspecified atom stereocenters. The fourth-order valence-corrected chi connectivity index (χ4v) is 2.91. The number of carboxylic acids is 1. The van der Waals surface area contributed by atoms with Crippen molar-refractivity contribution >= 4 is 23.6 Å². The first-order valence-electron chi connectivity index (χ1n) is 8.63. The number of halogens is 2. The summed E-state index contributed by atoms with van der Waals surface area (Å²) in [5, 5.41) is 9.67. The Hall–Kier alpha value is -2.33. The van der Waals surface area contributed by atoms with E-state index in [0.717, 1.165) is 28.0 Å². The van der Waals surface area contributed by atoms with Gasteiger partial charge in [0.1, 0.15) is 11.6 Å². The van der Waals surface area contributed by atoms with Gasteiger partial charge in [0.2, 0.25) is 0 Å². The van der Waals surface area contributed by atoms with Gasteiger partial charge in [0.15, 0.2) is 0 Å². The van der Waals surface area contributed by atoms with E-state index in [4.69, 9.17) is 21.4 Å². The Morgan fingerprint density at radius 3 is 2.41 bits per heavy atom. The van der Waals surface area contributed by atoms with Crippen LogP contribution in [0.3, 0.4) is 0 Å². The Morgan fingerprint density at radius 1 is 1.26 bits per heavy atom. The third-order valence-corrected chi connectivity index (χ3v) is 4.81. The minimum Gasteiger partial charge on any atom is -0.496 e. The summed E-state index contributed by atoms with van der Waals surface area (Å²) in [6.07, 6.45) is 6.85. The summed E-state index contributed by atoms with van der Waals surface area (Å²) in [5.74, 6) is -0.921. The highest BCUT2D eigenvalue weighted by Gasteiger charge is 2.12. The number of ether oxygens (including phenoxy) is 1. The average Bonchev–Trinajstić information content (AvgIpc) is 2.62. The number of methoxy groups -OCH3 is 1. The zero-order valence-electron chi connectivity index (χ0n) is 16.6. The zero-order valence-corrected chi connectivity index (χ0v) is 17.4. The fraction of sp³-hybridized carbons (Fsp3) is 0.318. The average molecular weight is 393 g/mol. The summed E-state index contributed by atoms with van der Waals surface area (Å²) >= 11 is 6.33. The van der Waals surface area contributed by atoms with Crippen LogP contribution in [0, 0.1) is 13.8 Å². The summed E-state index contributed by atoms with van der Waals surface area (Å²) in [4.78, 5) is 11.1. The van der Waals surface area contributed by atoms with Crippen molar-refractivity contribution in [3.8, 4) is 5.75 Å². The van der Waals surface area contributed by atoms with Gasteiger partial charge in [0, 0.05) is 5.57 Å². The molecule has 27 heavy (non-hydrogen) atoms. The van der Waals surface area contributed by atoms with E-state index >= 15 is 0 Å². The van der Waals surface area contributed by atoms with Crippen LogP contribution in [0.2, 0.25) is 5.02 Å². The van der Waals surface area contributed by atoms with Gasteiger partial charge in [-0.3, -0.25) is 0 Å². The lowest BCUT2D eigenvalue weighted by Gasteiger charge is -2.12. The summed E-state index contributed by atoms with van der Waals surface area (Å²) in [6.45, 7) is 8.92. The van der Waals surface area contributed by atoms with E-state index < -0.39 is 11.8 Å². The monoisotopic (exact) mass is 392 g/mol. The van der Waals surface area contributed by atoms with Gasteiger partial charge in [-0.25, -0.2) is 9.18 Å². The molecule has 0 spiro atoms. The topological polar surface area (TPSA) is 46.5 Å². The van der Waals surface area contributed by atoms with Crippen molar-refractivity contribution in [2.75, 3.05) is 7.11 Å². The van der Waals surface area contributed by atoms with E-state index in [1.165, 1.54) is 13.0 Å². The van der Waals surface area contributed by atoms with Crippen LogP contribution in [0.5, 0.6) is 5.75 Å². The van der Waals surface area contributed by atoms with Crippen molar-refractivity contribution < 1.29 is 19.0 Å². The van der Waals surface area contributed by atoms with Gasteiger partial charge in [-0.2, -0.15) is 0 Å². The van der Waals surface area contributed by atoms with E-state index in [-0.39, 0.29) is 17.6 Å². The maximum atomic E-state index is 14.2. The van der Waals surface area contributed by atoms with Gasteiger partial charge in [-0.05, 0) is 68.5 Å². The van der Waals surface area contributed by atoms with Gasteiger partial charge in [-0.15, -0.1) is 0 Å². The second kappa shape index (κ2) is 10.1. The van der Waals surface area contributed by atoms with Gasteiger partial charge in [-0.1, -0.05) is 42.3 Å². The molecule has 0 aliphatic carbocycles. The molecule has 0 bridgehead atoms. The lowest BCUT2D eigenvalue weighted by Crippen LogP contribution is -2.02. The highest BCUT2D eigenvalue weighted by atomic mass is 35.5. The maximum absolute atomic E-state index is 14.2. The van der Waals surface area contributed by atoms with Crippen molar-refractivity contribution in [3.63, 3.8) is 0 Å². The Bertz CT molecular complexity index is 846. The molecule has 0 saturated carbocycles. The van der Waals surface area contributed by atoms with Crippen molar-refractivity contribution in [2.24, 2.45) is 0 Å². The zero-order chi connectivity index (χ0) is 20.7. The summed E-state index contributed by atoms with van der Waals surface area (Å²) in [5.41, 5.74) is 3.91. The Kier molecular flexibility index (Phi) is 8.51. The molecule has 0 radical (unpaired) electrons. The van der Waals surface area contributed by atoms with Gasteiger partial charge in [0.25, 0.3) is 0 Å². The van der Waals surface area contributed by atoms with Crippen molar-refractivity contribution in [1.82, 2.24) is 0 Å². The Balaban J connectivity index is 3.14. The van der Waals surface area contributed by atoms with E-state index in [9.17, 15) is 9.18 Å². The number of carbonyl (C=O) groups is 1. The second-order valence-electron chi connectivity index (χ2n) is 6.25. The second-order valence-corrected chi connectivity index (χ2v) is 6.65. The molecule has 3 nitrogen and oxygen atoms in total. The SMILES string of the molecule is CCC(C(=O)O)=C(C)C(F)=CC=C(C)C=Cc1c(Cl)cc(OC)c(C)c1C. The number of hydrogen-bond acceptors (Lipinski definition) is 2. The van der Waals surface area contributed by atoms with Gasteiger partial charge >= 0.3 is 5.97 Å². The molecule has 0 saturated heterocycles. The van der Waals surface area contributed by atoms with Crippen LogP contribution >= 0.6 is 11.6 Å². The summed E-state index contributed by atoms with van der Waals surface area (Å²) in [7, 11) is 1.60. The van der Waals surface area contributed by atoms with Gasteiger partial charge in [0.05, 0.1) is 12.1 Å². The predicted molar refractivity (Wildman–Crippen MR) is 110 cm³/mol. The van der Waals surface area contributed by atoms with E-state index in [1.807, 2.05) is 32.9 Å². The van der Waals surface area contributed by atoms with Crippen molar-refractivity contribution in [1.29, 1.82) is 0 Å². The molecule has 1 aromatic rings. The molecule has 146 valence electrons. The molecule has 1 aromatic carbocycles. The van der Waals surface area contributed by atoms with Crippen LogP contribution in [0.4, 0.5) is 4.39 Å². The molecule has 1 rings (SSSR count). The number of carboxylic acid groups (broad SMARTS) is 1. The summed E-state index contributed by atoms with van der Waals surface area (Å²) in [6, 6.07) is 1.77. The first kappa shape index (κ1) is 22.7. The third-order valence-electron chi connectivity index (χ3n) is 4.50. The fourth-order valence-electron chi connectivity index (χ4n) is 2.60. The molecular formula is C22H26ClFO3. The summed E-state index contributed by atoms with van der Waals surface area (Å²) < 4.78 is 19.5. The molecule has 0 fully saturated rings. The maximum Gasteiger partial charge on any atom is 0.331 e. The van der Waals surface area contributed by atoms with Crippen LogP contribution < -0.4 is 4.74 Å². The van der Waals surface area contributed by atoms with Crippen molar-refractivity contribution in [3.05, 3.63) is 68.6 Å². The van der Waals surface area contributed by atoms with Crippen LogP contribution in [0.25, 0.3) is 6.08 Å². The molecule has 0 atom stereocenters. The third kappa shape index (κ3) is 5.83. The lowest BCUT2D eigenvalue weighted by molar-refractivity contribution is -0.132. The highest BCUT2D eigenvalue weighted by molar-refractivity contribution is 6.32. The van der Waals surface area contributed by atoms with Gasteiger partial charge < -0.3 is 9.84 Å². The number of aliphatic carboxylic acids is 1. The quantitative estimate of drug-likeness (QED) is 0.420. The molecular weight excluding hydrogens is 367 g/mol. The molecule has 0 aliphatic rings. The highest BCUT2D eigenvalue weighted by Crippen LogP contribution is 2.32.